The molecule has 0 N–H and O–H groups in total. The van der Waals surface area contributed by atoms with Crippen molar-refractivity contribution in [2.75, 3.05) is 0 Å². The van der Waals surface area contributed by atoms with Crippen LogP contribution in [0.1, 0.15) is 0 Å². The minimum Gasteiger partial charge on any atom is -0.456 e. The third kappa shape index (κ3) is 4.69. The van der Waals surface area contributed by atoms with Gasteiger partial charge in [-0.2, -0.15) is 0 Å². The molecule has 0 amide bonds. The molecule has 10 rings (SSSR count). The van der Waals surface area contributed by atoms with Crippen molar-refractivity contribution < 1.29 is 4.42 Å². The monoisotopic (exact) mass is 639 g/mol. The highest BCUT2D eigenvalue weighted by atomic mass is 16.3. The Bertz CT molecular complexity index is 2800. The Balaban J connectivity index is 1.07. The molecule has 0 atom stereocenters. The Kier molecular flexibility index (Phi) is 6.46. The van der Waals surface area contributed by atoms with Crippen LogP contribution in [0.25, 0.3) is 94.5 Å². The number of para-hydroxylation sites is 2. The Hall–Kier alpha value is -6.78. The fourth-order valence-corrected chi connectivity index (χ4v) is 7.19. The van der Waals surface area contributed by atoms with Gasteiger partial charge in [-0.3, -0.25) is 0 Å². The van der Waals surface area contributed by atoms with E-state index >= 15 is 0 Å². The minimum atomic E-state index is 0.663. The van der Waals surface area contributed by atoms with E-state index in [0.29, 0.717) is 5.82 Å². The van der Waals surface area contributed by atoms with Gasteiger partial charge in [0.05, 0.1) is 22.4 Å². The van der Waals surface area contributed by atoms with Crippen LogP contribution in [-0.2, 0) is 0 Å². The molecule has 0 saturated carbocycles. The number of aromatic nitrogens is 3. The average molecular weight is 640 g/mol. The smallest absolute Gasteiger partial charge is 0.160 e. The second kappa shape index (κ2) is 11.4. The number of nitrogens with zero attached hydrogens (tertiary/aromatic N) is 3. The Morgan fingerprint density at radius 2 is 0.880 bits per heavy atom. The van der Waals surface area contributed by atoms with Crippen molar-refractivity contribution >= 4 is 43.7 Å². The summed E-state index contributed by atoms with van der Waals surface area (Å²) in [5, 5.41) is 4.61. The molecule has 3 aromatic heterocycles. The molecule has 10 aromatic rings. The lowest BCUT2D eigenvalue weighted by Gasteiger charge is -2.09. The average Bonchev–Trinajstić information content (AvgIpc) is 3.73. The Morgan fingerprint density at radius 3 is 1.56 bits per heavy atom. The van der Waals surface area contributed by atoms with Crippen molar-refractivity contribution in [3.05, 3.63) is 176 Å². The lowest BCUT2D eigenvalue weighted by Crippen LogP contribution is -1.95. The van der Waals surface area contributed by atoms with Crippen LogP contribution in [0.2, 0.25) is 0 Å². The molecule has 0 saturated heterocycles. The largest absolute Gasteiger partial charge is 0.456 e. The van der Waals surface area contributed by atoms with Gasteiger partial charge in [-0.25, -0.2) is 9.97 Å². The molecule has 4 nitrogen and oxygen atoms in total. The summed E-state index contributed by atoms with van der Waals surface area (Å²) in [5.74, 6) is 0.663. The summed E-state index contributed by atoms with van der Waals surface area (Å²) < 4.78 is 8.91. The van der Waals surface area contributed by atoms with Gasteiger partial charge in [0.15, 0.2) is 5.82 Å². The van der Waals surface area contributed by atoms with Crippen LogP contribution in [-0.4, -0.2) is 14.5 Å². The van der Waals surface area contributed by atoms with Gasteiger partial charge in [0.2, 0.25) is 0 Å². The molecule has 0 unspecified atom stereocenters. The quantitative estimate of drug-likeness (QED) is 0.188. The molecule has 7 aromatic carbocycles. The highest BCUT2D eigenvalue weighted by molar-refractivity contribution is 6.11. The van der Waals surface area contributed by atoms with Crippen LogP contribution >= 0.6 is 0 Å². The maximum atomic E-state index is 6.57. The van der Waals surface area contributed by atoms with Crippen LogP contribution in [0.3, 0.4) is 0 Å². The molecular weight excluding hydrogens is 611 g/mol. The lowest BCUT2D eigenvalue weighted by molar-refractivity contribution is 0.669. The third-order valence-corrected chi connectivity index (χ3v) is 9.62. The highest BCUT2D eigenvalue weighted by Crippen LogP contribution is 2.38. The topological polar surface area (TPSA) is 43.9 Å². The first kappa shape index (κ1) is 28.3. The van der Waals surface area contributed by atoms with E-state index in [-0.39, 0.29) is 0 Å². The van der Waals surface area contributed by atoms with Crippen LogP contribution in [0.5, 0.6) is 0 Å². The normalized spacial score (nSPS) is 11.6. The predicted molar refractivity (Wildman–Crippen MR) is 205 cm³/mol. The summed E-state index contributed by atoms with van der Waals surface area (Å²) in [6.07, 6.45) is 0. The standard InChI is InChI=1S/C46H29N3O/c1-4-12-30(13-5-1)40-29-41(31-14-6-2-7-15-31)48-46(47-40)34-21-24-38-37-23-20-33(27-44(37)50-45(38)28-34)32-22-25-43-39(26-32)36-18-10-11-19-42(36)49(43)35-16-8-3-9-17-35/h1-29H. The molecule has 0 bridgehead atoms. The fourth-order valence-electron chi connectivity index (χ4n) is 7.19. The molecule has 0 radical (unpaired) electrons. The third-order valence-electron chi connectivity index (χ3n) is 9.62. The predicted octanol–water partition coefficient (Wildman–Crippen LogP) is 12.1. The Labute approximate surface area is 288 Å². The maximum absolute atomic E-state index is 6.57. The number of hydrogen-bond donors (Lipinski definition) is 0. The van der Waals surface area contributed by atoms with Crippen LogP contribution in [0.15, 0.2) is 180 Å². The van der Waals surface area contributed by atoms with Crippen molar-refractivity contribution in [2.24, 2.45) is 0 Å². The molecule has 50 heavy (non-hydrogen) atoms. The first-order chi connectivity index (χ1) is 24.8. The van der Waals surface area contributed by atoms with E-state index in [4.69, 9.17) is 14.4 Å². The van der Waals surface area contributed by atoms with Gasteiger partial charge in [-0.15, -0.1) is 0 Å². The van der Waals surface area contributed by atoms with E-state index in [2.05, 4.69) is 144 Å². The summed E-state index contributed by atoms with van der Waals surface area (Å²) in [5.41, 5.74) is 12.2. The van der Waals surface area contributed by atoms with E-state index in [1.54, 1.807) is 0 Å². The first-order valence-electron chi connectivity index (χ1n) is 16.8. The van der Waals surface area contributed by atoms with Gasteiger partial charge in [-0.05, 0) is 71.8 Å². The van der Waals surface area contributed by atoms with Gasteiger partial charge in [0, 0.05) is 43.9 Å². The molecule has 0 spiro atoms. The fraction of sp³-hybridized carbons (Fsp3) is 0. The molecule has 234 valence electrons. The molecular formula is C46H29N3O. The summed E-state index contributed by atoms with van der Waals surface area (Å²) >= 11 is 0. The zero-order chi connectivity index (χ0) is 33.0. The van der Waals surface area contributed by atoms with Gasteiger partial charge < -0.3 is 8.98 Å². The van der Waals surface area contributed by atoms with E-state index in [1.807, 2.05) is 36.4 Å². The molecule has 0 aliphatic rings. The number of fused-ring (bicyclic) bond motifs is 6. The molecule has 3 heterocycles. The maximum Gasteiger partial charge on any atom is 0.160 e. The zero-order valence-electron chi connectivity index (χ0n) is 27.0. The number of hydrogen-bond acceptors (Lipinski definition) is 3. The summed E-state index contributed by atoms with van der Waals surface area (Å²) in [7, 11) is 0. The second-order valence-electron chi connectivity index (χ2n) is 12.6. The van der Waals surface area contributed by atoms with Crippen LogP contribution in [0.4, 0.5) is 0 Å². The van der Waals surface area contributed by atoms with Crippen molar-refractivity contribution in [3.8, 4) is 50.7 Å². The number of furan rings is 1. The van der Waals surface area contributed by atoms with Gasteiger partial charge in [-0.1, -0.05) is 115 Å². The highest BCUT2D eigenvalue weighted by Gasteiger charge is 2.16. The van der Waals surface area contributed by atoms with E-state index in [1.165, 1.54) is 21.8 Å². The van der Waals surface area contributed by atoms with Crippen LogP contribution < -0.4 is 0 Å². The number of benzene rings is 7. The van der Waals surface area contributed by atoms with Gasteiger partial charge >= 0.3 is 0 Å². The molecule has 0 aliphatic carbocycles. The first-order valence-corrected chi connectivity index (χ1v) is 16.8. The lowest BCUT2D eigenvalue weighted by atomic mass is 10.0. The summed E-state index contributed by atoms with van der Waals surface area (Å²) in [6, 6.07) is 61.4. The molecule has 0 aliphatic heterocycles. The van der Waals surface area contributed by atoms with Crippen LogP contribution in [0, 0.1) is 0 Å². The summed E-state index contributed by atoms with van der Waals surface area (Å²) in [4.78, 5) is 10.1. The van der Waals surface area contributed by atoms with Gasteiger partial charge in [0.25, 0.3) is 0 Å². The van der Waals surface area contributed by atoms with E-state index in [0.717, 1.165) is 66.8 Å². The Morgan fingerprint density at radius 1 is 0.360 bits per heavy atom. The molecule has 4 heteroatoms. The van der Waals surface area contributed by atoms with E-state index in [9.17, 15) is 0 Å². The minimum absolute atomic E-state index is 0.663. The molecule has 0 fully saturated rings. The summed E-state index contributed by atoms with van der Waals surface area (Å²) in [6.45, 7) is 0. The van der Waals surface area contributed by atoms with Crippen molar-refractivity contribution in [1.82, 2.24) is 14.5 Å². The number of rotatable bonds is 5. The SMILES string of the molecule is c1ccc(-c2cc(-c3ccccc3)nc(-c3ccc4c(c3)oc3cc(-c5ccc6c(c5)c5ccccc5n6-c5ccccc5)ccc34)n2)cc1. The van der Waals surface area contributed by atoms with Crippen molar-refractivity contribution in [2.45, 2.75) is 0 Å². The van der Waals surface area contributed by atoms with Gasteiger partial charge in [0.1, 0.15) is 11.2 Å². The van der Waals surface area contributed by atoms with Crippen molar-refractivity contribution in [3.63, 3.8) is 0 Å². The van der Waals surface area contributed by atoms with Crippen molar-refractivity contribution in [1.29, 1.82) is 0 Å². The second-order valence-corrected chi connectivity index (χ2v) is 12.6. The zero-order valence-corrected chi connectivity index (χ0v) is 27.0. The van der Waals surface area contributed by atoms with E-state index < -0.39 is 0 Å².